The van der Waals surface area contributed by atoms with Crippen LogP contribution in [0.1, 0.15) is 380 Å². The lowest BCUT2D eigenvalue weighted by atomic mass is 10.0. The molecule has 6 heteroatoms. The van der Waals surface area contributed by atoms with Crippen molar-refractivity contribution in [2.75, 3.05) is 13.2 Å². The zero-order chi connectivity index (χ0) is 59.9. The molecular formula is C77H138O6. The van der Waals surface area contributed by atoms with Gasteiger partial charge in [0.15, 0.2) is 6.10 Å². The van der Waals surface area contributed by atoms with Crippen molar-refractivity contribution >= 4 is 17.9 Å². The Kier molecular flexibility index (Phi) is 68.6. The van der Waals surface area contributed by atoms with Gasteiger partial charge in [-0.2, -0.15) is 0 Å². The molecule has 0 spiro atoms. The SMILES string of the molecule is CC/C=C\C/C=C\C/C=C\C/C=C\C/C=C\C/C=C\CCC(=O)OC(COC(=O)CCCCCCCCCCCCCCCCCCC)COC(=O)CCCCCCCCCCCCCCCCCCCCCCCCCCCCCCC. The van der Waals surface area contributed by atoms with Crippen LogP contribution in [0.4, 0.5) is 0 Å². The summed E-state index contributed by atoms with van der Waals surface area (Å²) < 4.78 is 16.9. The maximum absolute atomic E-state index is 12.9. The van der Waals surface area contributed by atoms with Gasteiger partial charge in [-0.15, -0.1) is 0 Å². The predicted molar refractivity (Wildman–Crippen MR) is 362 cm³/mol. The molecule has 0 amide bonds. The second-order valence-corrected chi connectivity index (χ2v) is 24.5. The van der Waals surface area contributed by atoms with Gasteiger partial charge in [-0.05, 0) is 57.8 Å². The average Bonchev–Trinajstić information content (AvgIpc) is 3.49. The van der Waals surface area contributed by atoms with Crippen molar-refractivity contribution in [1.82, 2.24) is 0 Å². The topological polar surface area (TPSA) is 78.9 Å². The minimum atomic E-state index is -0.815. The Hall–Kier alpha value is -3.15. The van der Waals surface area contributed by atoms with Crippen LogP contribution in [-0.4, -0.2) is 37.2 Å². The van der Waals surface area contributed by atoms with Gasteiger partial charge in [-0.3, -0.25) is 14.4 Å². The summed E-state index contributed by atoms with van der Waals surface area (Å²) in [5.41, 5.74) is 0. The summed E-state index contributed by atoms with van der Waals surface area (Å²) in [6.45, 7) is 6.53. The van der Waals surface area contributed by atoms with Crippen molar-refractivity contribution in [3.05, 3.63) is 72.9 Å². The molecule has 6 nitrogen and oxygen atoms in total. The second-order valence-electron chi connectivity index (χ2n) is 24.5. The molecule has 0 bridgehead atoms. The molecule has 482 valence electrons. The second kappa shape index (κ2) is 71.3. The lowest BCUT2D eigenvalue weighted by Gasteiger charge is -2.18. The Bertz CT molecular complexity index is 1520. The van der Waals surface area contributed by atoms with Crippen LogP contribution in [0.2, 0.25) is 0 Å². The van der Waals surface area contributed by atoms with Crippen molar-refractivity contribution in [2.24, 2.45) is 0 Å². The summed E-state index contributed by atoms with van der Waals surface area (Å²) in [4.78, 5) is 38.4. The van der Waals surface area contributed by atoms with E-state index in [1.807, 2.05) is 6.08 Å². The number of hydrogen-bond acceptors (Lipinski definition) is 6. The normalized spacial score (nSPS) is 12.5. The molecule has 0 aliphatic carbocycles. The van der Waals surface area contributed by atoms with E-state index in [0.29, 0.717) is 19.3 Å². The number of esters is 3. The van der Waals surface area contributed by atoms with Gasteiger partial charge in [0.1, 0.15) is 13.2 Å². The summed E-state index contributed by atoms with van der Waals surface area (Å²) in [6.07, 6.45) is 93.9. The molecule has 0 aromatic rings. The standard InChI is InChI=1S/C77H138O6/c1-4-7-10-13-16-19-22-25-28-31-33-34-35-36-37-38-39-40-41-42-44-46-49-52-55-58-61-64-67-70-76(79)82-73-74(72-81-75(78)69-66-63-60-57-54-51-48-45-30-27-24-21-18-15-12-9-6-3)83-77(80)71-68-65-62-59-56-53-50-47-43-32-29-26-23-20-17-14-11-8-5-2/h8,11,17,20,26,29,43,47,53,56,62,65,74H,4-7,9-10,12-16,18-19,21-25,27-28,30-42,44-46,48-52,54-55,57-61,63-64,66-73H2,1-3H3/b11-8-,20-17-,29-26-,47-43-,56-53-,65-62-. The monoisotopic (exact) mass is 1160 g/mol. The maximum Gasteiger partial charge on any atom is 0.306 e. The third kappa shape index (κ3) is 69.5. The van der Waals surface area contributed by atoms with Gasteiger partial charge in [-0.25, -0.2) is 0 Å². The smallest absolute Gasteiger partial charge is 0.306 e. The Morgan fingerprint density at radius 1 is 0.253 bits per heavy atom. The van der Waals surface area contributed by atoms with Crippen molar-refractivity contribution < 1.29 is 28.6 Å². The fraction of sp³-hybridized carbons (Fsp3) is 0.805. The first-order valence-electron chi connectivity index (χ1n) is 36.4. The average molecular weight is 1160 g/mol. The number of allylic oxidation sites excluding steroid dienone is 12. The zero-order valence-electron chi connectivity index (χ0n) is 55.5. The Morgan fingerprint density at radius 2 is 0.470 bits per heavy atom. The van der Waals surface area contributed by atoms with Gasteiger partial charge in [0, 0.05) is 19.3 Å². The number of unbranched alkanes of at least 4 members (excludes halogenated alkanes) is 44. The highest BCUT2D eigenvalue weighted by Crippen LogP contribution is 2.19. The highest BCUT2D eigenvalue weighted by Gasteiger charge is 2.19. The summed E-state index contributed by atoms with van der Waals surface area (Å²) in [5.74, 6) is -0.961. The van der Waals surface area contributed by atoms with Crippen LogP contribution in [0.3, 0.4) is 0 Å². The van der Waals surface area contributed by atoms with Crippen molar-refractivity contribution in [3.8, 4) is 0 Å². The van der Waals surface area contributed by atoms with E-state index >= 15 is 0 Å². The molecule has 0 aromatic carbocycles. The number of carbonyl (C=O) groups excluding carboxylic acids is 3. The van der Waals surface area contributed by atoms with Gasteiger partial charge in [0.05, 0.1) is 0 Å². The molecule has 0 aliphatic rings. The quantitative estimate of drug-likeness (QED) is 0.0261. The molecule has 0 rings (SSSR count). The lowest BCUT2D eigenvalue weighted by molar-refractivity contribution is -0.166. The maximum atomic E-state index is 12.9. The molecule has 0 fully saturated rings. The summed E-state index contributed by atoms with van der Waals surface area (Å²) in [6, 6.07) is 0. The minimum absolute atomic E-state index is 0.101. The number of carbonyl (C=O) groups is 3. The van der Waals surface area contributed by atoms with E-state index in [9.17, 15) is 14.4 Å². The highest BCUT2D eigenvalue weighted by molar-refractivity contribution is 5.71. The lowest BCUT2D eigenvalue weighted by Crippen LogP contribution is -2.30. The largest absolute Gasteiger partial charge is 0.462 e. The van der Waals surface area contributed by atoms with Crippen LogP contribution in [0, 0.1) is 0 Å². The van der Waals surface area contributed by atoms with E-state index in [4.69, 9.17) is 14.2 Å². The number of hydrogen-bond donors (Lipinski definition) is 0. The third-order valence-electron chi connectivity index (χ3n) is 16.2. The van der Waals surface area contributed by atoms with Crippen LogP contribution in [0.25, 0.3) is 0 Å². The third-order valence-corrected chi connectivity index (χ3v) is 16.2. The summed E-state index contributed by atoms with van der Waals surface area (Å²) in [7, 11) is 0. The number of ether oxygens (including phenoxy) is 3. The molecule has 1 atom stereocenters. The summed E-state index contributed by atoms with van der Waals surface area (Å²) in [5, 5.41) is 0. The van der Waals surface area contributed by atoms with Crippen molar-refractivity contribution in [1.29, 1.82) is 0 Å². The molecule has 0 N–H and O–H groups in total. The molecule has 83 heavy (non-hydrogen) atoms. The van der Waals surface area contributed by atoms with Crippen LogP contribution < -0.4 is 0 Å². The van der Waals surface area contributed by atoms with Gasteiger partial charge in [-0.1, -0.05) is 376 Å². The zero-order valence-corrected chi connectivity index (χ0v) is 55.5. The number of rotatable bonds is 67. The van der Waals surface area contributed by atoms with Crippen LogP contribution in [-0.2, 0) is 28.6 Å². The molecule has 0 aliphatic heterocycles. The fourth-order valence-corrected chi connectivity index (χ4v) is 10.8. The first-order valence-corrected chi connectivity index (χ1v) is 36.4. The van der Waals surface area contributed by atoms with Crippen molar-refractivity contribution in [2.45, 2.75) is 386 Å². The van der Waals surface area contributed by atoms with E-state index < -0.39 is 6.10 Å². The van der Waals surface area contributed by atoms with E-state index in [1.165, 1.54) is 257 Å². The van der Waals surface area contributed by atoms with E-state index in [1.54, 1.807) is 0 Å². The minimum Gasteiger partial charge on any atom is -0.462 e. The van der Waals surface area contributed by atoms with Crippen LogP contribution in [0.5, 0.6) is 0 Å². The highest BCUT2D eigenvalue weighted by atomic mass is 16.6. The Balaban J connectivity index is 4.31. The van der Waals surface area contributed by atoms with Crippen LogP contribution >= 0.6 is 0 Å². The predicted octanol–water partition coefficient (Wildman–Crippen LogP) is 25.2. The molecular weight excluding hydrogens is 1020 g/mol. The van der Waals surface area contributed by atoms with Gasteiger partial charge < -0.3 is 14.2 Å². The van der Waals surface area contributed by atoms with E-state index in [-0.39, 0.29) is 37.5 Å². The molecule has 0 saturated carbocycles. The Labute approximate surface area is 516 Å². The van der Waals surface area contributed by atoms with Gasteiger partial charge in [0.2, 0.25) is 0 Å². The van der Waals surface area contributed by atoms with E-state index in [0.717, 1.165) is 77.0 Å². The molecule has 0 radical (unpaired) electrons. The fourth-order valence-electron chi connectivity index (χ4n) is 10.8. The summed E-state index contributed by atoms with van der Waals surface area (Å²) >= 11 is 0. The first-order chi connectivity index (χ1) is 41.0. The molecule has 0 saturated heterocycles. The molecule has 0 heterocycles. The first kappa shape index (κ1) is 79.8. The molecule has 0 aromatic heterocycles. The Morgan fingerprint density at radius 3 is 0.711 bits per heavy atom. The van der Waals surface area contributed by atoms with Crippen molar-refractivity contribution in [3.63, 3.8) is 0 Å². The van der Waals surface area contributed by atoms with E-state index in [2.05, 4.69) is 87.6 Å². The van der Waals surface area contributed by atoms with Gasteiger partial charge in [0.25, 0.3) is 0 Å². The van der Waals surface area contributed by atoms with Gasteiger partial charge >= 0.3 is 17.9 Å². The van der Waals surface area contributed by atoms with Crippen LogP contribution in [0.15, 0.2) is 72.9 Å². The molecule has 1 unspecified atom stereocenters.